The Kier molecular flexibility index (Phi) is 9.04. The Hall–Kier alpha value is -3.48. The quantitative estimate of drug-likeness (QED) is 0.0555. The van der Waals surface area contributed by atoms with Crippen LogP contribution in [0.25, 0.3) is 0 Å². The van der Waals surface area contributed by atoms with Crippen LogP contribution in [-0.4, -0.2) is 88.4 Å². The van der Waals surface area contributed by atoms with E-state index in [9.17, 15) is 22.8 Å². The van der Waals surface area contributed by atoms with E-state index in [1.165, 1.54) is 22.8 Å². The Labute approximate surface area is 225 Å². The van der Waals surface area contributed by atoms with Crippen LogP contribution in [0, 0.1) is 0 Å². The zero-order chi connectivity index (χ0) is 29.1. The number of urea groups is 1. The summed E-state index contributed by atoms with van der Waals surface area (Å²) >= 11 is 0. The molecular formula is C21H34N8O9S. The predicted molar refractivity (Wildman–Crippen MR) is 134 cm³/mol. The molecule has 3 atom stereocenters. The van der Waals surface area contributed by atoms with Gasteiger partial charge in [0.1, 0.15) is 23.7 Å². The molecule has 17 nitrogen and oxygen atoms in total. The normalized spacial score (nSPS) is 20.0. The number of rotatable bonds is 10. The molecule has 3 amide bonds. The molecule has 39 heavy (non-hydrogen) atoms. The molecule has 2 aliphatic heterocycles. The monoisotopic (exact) mass is 574 g/mol. The van der Waals surface area contributed by atoms with Gasteiger partial charge in [-0.15, -0.1) is 4.28 Å². The van der Waals surface area contributed by atoms with Crippen molar-refractivity contribution in [2.75, 3.05) is 20.1 Å². The molecule has 0 unspecified atom stereocenters. The fraction of sp³-hybridized carbons (Fsp3) is 0.667. The number of oxime groups is 1. The predicted octanol–water partition coefficient (Wildman–Crippen LogP) is 0.0863. The lowest BCUT2D eigenvalue weighted by Crippen LogP contribution is -2.44. The summed E-state index contributed by atoms with van der Waals surface area (Å²) in [6, 6.07) is -3.41. The Balaban J connectivity index is 1.59. The molecular weight excluding hydrogens is 540 g/mol. The summed E-state index contributed by atoms with van der Waals surface area (Å²) < 4.78 is 42.9. The van der Waals surface area contributed by atoms with Crippen molar-refractivity contribution < 1.29 is 41.2 Å². The maximum Gasteiger partial charge on any atom is 0.433 e. The van der Waals surface area contributed by atoms with Crippen molar-refractivity contribution in [2.24, 2.45) is 17.9 Å². The van der Waals surface area contributed by atoms with E-state index in [0.717, 1.165) is 0 Å². The number of nitrogens with zero attached hydrogens (tertiary/aromatic N) is 5. The largest absolute Gasteiger partial charge is 0.459 e. The molecule has 5 N–H and O–H groups in total. The second kappa shape index (κ2) is 11.7. The number of hydroxylamine groups is 2. The minimum Gasteiger partial charge on any atom is -0.459 e. The molecule has 18 heteroatoms. The topological polar surface area (TPSA) is 220 Å². The number of hydrogen-bond donors (Lipinski definition) is 4. The van der Waals surface area contributed by atoms with Crippen molar-refractivity contribution in [1.29, 1.82) is 0 Å². The number of aryl methyl sites for hydroxylation is 1. The van der Waals surface area contributed by atoms with E-state index in [-0.39, 0.29) is 18.9 Å². The minimum absolute atomic E-state index is 0.00393. The lowest BCUT2D eigenvalue weighted by Gasteiger charge is -2.31. The maximum atomic E-state index is 13.0. The Morgan fingerprint density at radius 1 is 1.33 bits per heavy atom. The lowest BCUT2D eigenvalue weighted by molar-refractivity contribution is -0.156. The average molecular weight is 575 g/mol. The number of hydrogen-bond acceptors (Lipinski definition) is 11. The van der Waals surface area contributed by atoms with Gasteiger partial charge in [0.25, 0.3) is 0 Å². The maximum absolute atomic E-state index is 13.0. The number of unbranched alkanes of at least 4 members (excludes halogenated alkanes) is 1. The lowest BCUT2D eigenvalue weighted by atomic mass is 9.97. The Morgan fingerprint density at radius 3 is 2.64 bits per heavy atom. The van der Waals surface area contributed by atoms with Crippen LogP contribution >= 0.6 is 0 Å². The summed E-state index contributed by atoms with van der Waals surface area (Å²) in [4.78, 5) is 43.3. The van der Waals surface area contributed by atoms with Gasteiger partial charge in [-0.25, -0.2) is 9.59 Å². The number of carbonyl (C=O) groups excluding carboxylic acids is 3. The zero-order valence-electron chi connectivity index (χ0n) is 22.3. The van der Waals surface area contributed by atoms with Crippen LogP contribution in [0.1, 0.15) is 63.4 Å². The smallest absolute Gasteiger partial charge is 0.433 e. The molecule has 0 spiro atoms. The minimum atomic E-state index is -4.97. The van der Waals surface area contributed by atoms with Crippen LogP contribution in [-0.2, 0) is 36.1 Å². The fourth-order valence-electron chi connectivity index (χ4n) is 4.23. The highest BCUT2D eigenvalue weighted by Crippen LogP contribution is 2.44. The van der Waals surface area contributed by atoms with Crippen LogP contribution in [0.3, 0.4) is 0 Å². The van der Waals surface area contributed by atoms with E-state index >= 15 is 0 Å². The molecule has 2 aliphatic rings. The number of amides is 3. The number of ether oxygens (including phenoxy) is 1. The summed E-state index contributed by atoms with van der Waals surface area (Å²) in [7, 11) is -1.85. The first-order chi connectivity index (χ1) is 18.1. The van der Waals surface area contributed by atoms with Crippen molar-refractivity contribution in [3.05, 3.63) is 17.5 Å². The number of nitrogens with one attached hydrogen (secondary N) is 2. The van der Waals surface area contributed by atoms with Gasteiger partial charge < -0.3 is 26.0 Å². The molecule has 1 saturated heterocycles. The molecule has 1 fully saturated rings. The third-order valence-corrected chi connectivity index (χ3v) is 6.22. The van der Waals surface area contributed by atoms with E-state index in [2.05, 4.69) is 25.2 Å². The van der Waals surface area contributed by atoms with Gasteiger partial charge in [-0.2, -0.15) is 18.6 Å². The third-order valence-electron chi connectivity index (χ3n) is 5.87. The van der Waals surface area contributed by atoms with Crippen molar-refractivity contribution in [3.63, 3.8) is 0 Å². The first-order valence-electron chi connectivity index (χ1n) is 12.1. The molecule has 1 aromatic rings. The highest BCUT2D eigenvalue weighted by molar-refractivity contribution is 7.80. The van der Waals surface area contributed by atoms with E-state index in [1.54, 1.807) is 27.8 Å². The van der Waals surface area contributed by atoms with Gasteiger partial charge in [0, 0.05) is 26.2 Å². The van der Waals surface area contributed by atoms with Crippen LogP contribution in [0.15, 0.2) is 11.4 Å². The average Bonchev–Trinajstić information content (AvgIpc) is 3.33. The van der Waals surface area contributed by atoms with Crippen molar-refractivity contribution in [1.82, 2.24) is 30.4 Å². The first-order valence-corrected chi connectivity index (χ1v) is 13.5. The van der Waals surface area contributed by atoms with Crippen molar-refractivity contribution in [3.8, 4) is 0 Å². The van der Waals surface area contributed by atoms with Crippen LogP contribution in [0.4, 0.5) is 9.59 Å². The first kappa shape index (κ1) is 30.1. The van der Waals surface area contributed by atoms with E-state index in [4.69, 9.17) is 19.9 Å². The molecule has 2 bridgehead atoms. The fourth-order valence-corrected chi connectivity index (χ4v) is 4.61. The highest BCUT2D eigenvalue weighted by atomic mass is 32.3. The van der Waals surface area contributed by atoms with Gasteiger partial charge in [-0.3, -0.25) is 18.9 Å². The van der Waals surface area contributed by atoms with E-state index in [1.807, 2.05) is 0 Å². The Bertz CT molecular complexity index is 1230. The molecule has 218 valence electrons. The third kappa shape index (κ3) is 7.34. The summed E-state index contributed by atoms with van der Waals surface area (Å²) in [6.07, 6.45) is 2.03. The zero-order valence-corrected chi connectivity index (χ0v) is 23.1. The second-order valence-electron chi connectivity index (χ2n) is 9.96. The molecule has 0 radical (unpaired) electrons. The number of carbonyl (C=O) groups is 3. The van der Waals surface area contributed by atoms with Crippen LogP contribution in [0.2, 0.25) is 0 Å². The number of fused-ring (bicyclic) bond motifs is 4. The molecule has 0 saturated carbocycles. The number of likely N-dealkylation sites (N-methyl/N-ethyl adjacent to an activating group) is 1. The van der Waals surface area contributed by atoms with Crippen LogP contribution in [0.5, 0.6) is 0 Å². The van der Waals surface area contributed by atoms with Gasteiger partial charge in [0.2, 0.25) is 0 Å². The summed E-state index contributed by atoms with van der Waals surface area (Å²) in [5, 5.41) is 13.9. The molecule has 0 aliphatic carbocycles. The summed E-state index contributed by atoms with van der Waals surface area (Å²) in [5.74, 6) is -0.433. The van der Waals surface area contributed by atoms with Gasteiger partial charge in [-0.1, -0.05) is 5.16 Å². The number of esters is 1. The van der Waals surface area contributed by atoms with Crippen molar-refractivity contribution in [2.45, 2.75) is 63.8 Å². The number of aromatic nitrogens is 2. The van der Waals surface area contributed by atoms with Gasteiger partial charge in [0.15, 0.2) is 5.84 Å². The summed E-state index contributed by atoms with van der Waals surface area (Å²) in [5.41, 5.74) is 6.16. The Morgan fingerprint density at radius 2 is 2.03 bits per heavy atom. The van der Waals surface area contributed by atoms with Gasteiger partial charge >= 0.3 is 28.5 Å². The summed E-state index contributed by atoms with van der Waals surface area (Å²) in [6.45, 7) is 5.49. The molecule has 1 aromatic heterocycles. The van der Waals surface area contributed by atoms with Gasteiger partial charge in [-0.05, 0) is 40.0 Å². The van der Waals surface area contributed by atoms with E-state index < -0.39 is 52.2 Å². The molecule has 3 heterocycles. The molecule has 3 rings (SSSR count). The van der Waals surface area contributed by atoms with Crippen molar-refractivity contribution >= 4 is 34.3 Å². The van der Waals surface area contributed by atoms with Crippen LogP contribution < -0.4 is 16.4 Å². The van der Waals surface area contributed by atoms with Gasteiger partial charge in [0.05, 0.1) is 18.4 Å². The molecule has 0 aromatic carbocycles. The number of amidine groups is 1. The SMILES string of the molecule is CN/C(=N\OC(=O)NCCCC[C@H](N)C(=O)OC(C)(C)C)[C@@H]1c2c(cnn2C)[C@H]2CN1C(=O)N2OS(=O)(=O)O. The second-order valence-corrected chi connectivity index (χ2v) is 11.0. The standard InChI is InChI=1S/C21H34N8O9S/c1-21(2,3)36-18(30)13(22)8-6-7-9-24-19(31)37-26-17(23-4)16-15-12(10-25-27(15)5)14-11-28(16)20(32)29(14)38-39(33,34)35/h10,13-14,16H,6-9,11,22H2,1-5H3,(H,23,26)(H,24,31)(H,33,34,35)/t13-,14+,16-/m0/s1. The highest BCUT2D eigenvalue weighted by Gasteiger charge is 2.53. The van der Waals surface area contributed by atoms with E-state index in [0.29, 0.717) is 35.6 Å². The number of nitrogens with two attached hydrogens (primary N) is 1.